The number of ether oxygens (including phenoxy) is 1. The molecule has 1 aromatic heterocycles. The number of hydrogen-bond acceptors (Lipinski definition) is 4. The molecule has 4 rings (SSSR count). The van der Waals surface area contributed by atoms with E-state index in [4.69, 9.17) is 16.3 Å². The summed E-state index contributed by atoms with van der Waals surface area (Å²) in [5.74, 6) is 0.572. The minimum atomic E-state index is -3.63. The second-order valence-corrected chi connectivity index (χ2v) is 8.90. The van der Waals surface area contributed by atoms with Crippen molar-refractivity contribution in [2.24, 2.45) is 0 Å². The molecule has 0 N–H and O–H groups in total. The summed E-state index contributed by atoms with van der Waals surface area (Å²) < 4.78 is 33.7. The van der Waals surface area contributed by atoms with Gasteiger partial charge in [0.15, 0.2) is 0 Å². The number of fused-ring (bicyclic) bond motifs is 1. The van der Waals surface area contributed by atoms with E-state index in [-0.39, 0.29) is 10.9 Å². The summed E-state index contributed by atoms with van der Waals surface area (Å²) in [5.41, 5.74) is 2.13. The molecule has 0 bridgehead atoms. The molecule has 0 saturated carbocycles. The number of halogens is 1. The molecule has 0 amide bonds. The Kier molecular flexibility index (Phi) is 5.56. The number of imidazole rings is 1. The Bertz CT molecular complexity index is 1220. The van der Waals surface area contributed by atoms with Crippen LogP contribution in [0.15, 0.2) is 84.0 Å². The van der Waals surface area contributed by atoms with Crippen LogP contribution in [0.1, 0.15) is 5.56 Å². The number of nitrogens with zero attached hydrogens (tertiary/aromatic N) is 2. The van der Waals surface area contributed by atoms with E-state index in [1.807, 2.05) is 42.5 Å². The number of sulfone groups is 1. The Morgan fingerprint density at radius 1 is 0.897 bits per heavy atom. The second-order valence-electron chi connectivity index (χ2n) is 6.58. The molecule has 29 heavy (non-hydrogen) atoms. The Hall–Kier alpha value is -2.83. The van der Waals surface area contributed by atoms with Gasteiger partial charge in [0, 0.05) is 5.02 Å². The van der Waals surface area contributed by atoms with Crippen LogP contribution in [0, 0.1) is 0 Å². The summed E-state index contributed by atoms with van der Waals surface area (Å²) in [5, 5.41) is 0.689. The summed E-state index contributed by atoms with van der Waals surface area (Å²) in [4.78, 5) is 4.42. The van der Waals surface area contributed by atoms with Gasteiger partial charge in [0.1, 0.15) is 12.4 Å². The van der Waals surface area contributed by atoms with E-state index in [0.29, 0.717) is 29.4 Å². The fraction of sp³-hybridized carbons (Fsp3) is 0.136. The van der Waals surface area contributed by atoms with Crippen molar-refractivity contribution < 1.29 is 13.2 Å². The average Bonchev–Trinajstić information content (AvgIpc) is 3.10. The fourth-order valence-corrected chi connectivity index (χ4v) is 4.80. The van der Waals surface area contributed by atoms with E-state index in [1.165, 1.54) is 0 Å². The average molecular weight is 427 g/mol. The predicted octanol–water partition coefficient (Wildman–Crippen LogP) is 4.74. The number of para-hydroxylation sites is 2. The Labute approximate surface area is 174 Å². The van der Waals surface area contributed by atoms with Gasteiger partial charge in [-0.15, -0.1) is 0 Å². The third-order valence-corrected chi connectivity index (χ3v) is 6.33. The van der Waals surface area contributed by atoms with Gasteiger partial charge in [0.25, 0.3) is 0 Å². The zero-order valence-electron chi connectivity index (χ0n) is 15.5. The molecule has 0 saturated heterocycles. The molecule has 3 aromatic carbocycles. The lowest BCUT2D eigenvalue weighted by Gasteiger charge is -2.11. The first-order valence-electron chi connectivity index (χ1n) is 9.13. The Morgan fingerprint density at radius 2 is 1.59 bits per heavy atom. The molecule has 0 atom stereocenters. The minimum absolute atomic E-state index is 0.0576. The molecule has 0 fully saturated rings. The molecule has 1 heterocycles. The molecule has 0 aliphatic carbocycles. The smallest absolute Gasteiger partial charge is 0.229 e. The van der Waals surface area contributed by atoms with E-state index in [0.717, 1.165) is 11.1 Å². The summed E-state index contributed by atoms with van der Waals surface area (Å²) in [7, 11) is -3.63. The van der Waals surface area contributed by atoms with Crippen LogP contribution in [0.4, 0.5) is 0 Å². The zero-order chi connectivity index (χ0) is 20.3. The summed E-state index contributed by atoms with van der Waals surface area (Å²) in [6.07, 6.45) is 0. The molecule has 7 heteroatoms. The number of rotatable bonds is 7. The van der Waals surface area contributed by atoms with Gasteiger partial charge in [-0.05, 0) is 42.0 Å². The van der Waals surface area contributed by atoms with Crippen molar-refractivity contribution in [2.45, 2.75) is 17.5 Å². The summed E-state index contributed by atoms with van der Waals surface area (Å²) in [6.45, 7) is 0.655. The highest BCUT2D eigenvalue weighted by atomic mass is 35.5. The van der Waals surface area contributed by atoms with Crippen LogP contribution in [0.2, 0.25) is 5.02 Å². The SMILES string of the molecule is O=S(=O)(Cc1ccccc1)c1nc2ccccc2n1CCOc1ccc(Cl)cc1. The summed E-state index contributed by atoms with van der Waals surface area (Å²) in [6, 6.07) is 23.6. The predicted molar refractivity (Wildman–Crippen MR) is 114 cm³/mol. The van der Waals surface area contributed by atoms with Crippen LogP contribution in [0.5, 0.6) is 5.75 Å². The lowest BCUT2D eigenvalue weighted by molar-refractivity contribution is 0.295. The van der Waals surface area contributed by atoms with Gasteiger partial charge < -0.3 is 9.30 Å². The highest BCUT2D eigenvalue weighted by molar-refractivity contribution is 7.90. The van der Waals surface area contributed by atoms with E-state index in [2.05, 4.69) is 4.98 Å². The maximum Gasteiger partial charge on any atom is 0.229 e. The fourth-order valence-electron chi connectivity index (χ4n) is 3.15. The maximum absolute atomic E-state index is 13.1. The number of aromatic nitrogens is 2. The lowest BCUT2D eigenvalue weighted by atomic mass is 10.2. The Balaban J connectivity index is 1.62. The first kappa shape index (κ1) is 19.5. The summed E-state index contributed by atoms with van der Waals surface area (Å²) >= 11 is 5.90. The topological polar surface area (TPSA) is 61.2 Å². The molecule has 148 valence electrons. The number of benzene rings is 3. The van der Waals surface area contributed by atoms with E-state index in [1.54, 1.807) is 41.0 Å². The molecule has 4 aromatic rings. The van der Waals surface area contributed by atoms with E-state index in [9.17, 15) is 8.42 Å². The van der Waals surface area contributed by atoms with Crippen molar-refractivity contribution >= 4 is 32.5 Å². The van der Waals surface area contributed by atoms with Gasteiger partial charge in [-0.2, -0.15) is 0 Å². The standard InChI is InChI=1S/C22H19ClN2O3S/c23-18-10-12-19(13-11-18)28-15-14-25-21-9-5-4-8-20(21)24-22(25)29(26,27)16-17-6-2-1-3-7-17/h1-13H,14-16H2. The van der Waals surface area contributed by atoms with Crippen molar-refractivity contribution in [1.29, 1.82) is 0 Å². The maximum atomic E-state index is 13.1. The third-order valence-electron chi connectivity index (χ3n) is 4.49. The first-order valence-corrected chi connectivity index (χ1v) is 11.2. The second kappa shape index (κ2) is 8.27. The van der Waals surface area contributed by atoms with Gasteiger partial charge in [-0.1, -0.05) is 54.1 Å². The van der Waals surface area contributed by atoms with Gasteiger partial charge in [-0.3, -0.25) is 0 Å². The molecular formula is C22H19ClN2O3S. The van der Waals surface area contributed by atoms with Crippen molar-refractivity contribution in [1.82, 2.24) is 9.55 Å². The highest BCUT2D eigenvalue weighted by Gasteiger charge is 2.24. The van der Waals surface area contributed by atoms with Crippen LogP contribution < -0.4 is 4.74 Å². The highest BCUT2D eigenvalue weighted by Crippen LogP contribution is 2.23. The van der Waals surface area contributed by atoms with Crippen molar-refractivity contribution in [3.63, 3.8) is 0 Å². The molecule has 0 spiro atoms. The zero-order valence-corrected chi connectivity index (χ0v) is 17.1. The van der Waals surface area contributed by atoms with Crippen LogP contribution in [0.3, 0.4) is 0 Å². The molecule has 0 radical (unpaired) electrons. The lowest BCUT2D eigenvalue weighted by Crippen LogP contribution is -2.16. The Morgan fingerprint density at radius 3 is 2.34 bits per heavy atom. The first-order chi connectivity index (χ1) is 14.0. The monoisotopic (exact) mass is 426 g/mol. The quantitative estimate of drug-likeness (QED) is 0.428. The van der Waals surface area contributed by atoms with Crippen LogP contribution in [-0.2, 0) is 22.1 Å². The minimum Gasteiger partial charge on any atom is -0.492 e. The van der Waals surface area contributed by atoms with Crippen molar-refractivity contribution in [3.8, 4) is 5.75 Å². The third kappa shape index (κ3) is 4.44. The number of hydrogen-bond donors (Lipinski definition) is 0. The molecule has 0 aliphatic rings. The van der Waals surface area contributed by atoms with Crippen LogP contribution >= 0.6 is 11.6 Å². The van der Waals surface area contributed by atoms with E-state index < -0.39 is 9.84 Å². The van der Waals surface area contributed by atoms with Crippen molar-refractivity contribution in [2.75, 3.05) is 6.61 Å². The van der Waals surface area contributed by atoms with E-state index >= 15 is 0 Å². The van der Waals surface area contributed by atoms with Crippen LogP contribution in [0.25, 0.3) is 11.0 Å². The van der Waals surface area contributed by atoms with Crippen LogP contribution in [-0.4, -0.2) is 24.6 Å². The van der Waals surface area contributed by atoms with Gasteiger partial charge >= 0.3 is 0 Å². The van der Waals surface area contributed by atoms with Crippen molar-refractivity contribution in [3.05, 3.63) is 89.4 Å². The molecular weight excluding hydrogens is 408 g/mol. The normalized spacial score (nSPS) is 11.6. The molecule has 0 unspecified atom stereocenters. The van der Waals surface area contributed by atoms with Gasteiger partial charge in [0.2, 0.25) is 15.0 Å². The van der Waals surface area contributed by atoms with Gasteiger partial charge in [-0.25, -0.2) is 13.4 Å². The molecule has 5 nitrogen and oxygen atoms in total. The molecule has 0 aliphatic heterocycles. The largest absolute Gasteiger partial charge is 0.492 e. The van der Waals surface area contributed by atoms with Gasteiger partial charge in [0.05, 0.1) is 23.3 Å².